The molecule has 2 aromatic rings. The van der Waals surface area contributed by atoms with E-state index in [0.717, 1.165) is 12.5 Å². The molecule has 1 nitrogen and oxygen atoms in total. The average molecular weight is 299 g/mol. The van der Waals surface area contributed by atoms with Gasteiger partial charge in [0.2, 0.25) is 0 Å². The van der Waals surface area contributed by atoms with E-state index in [1.165, 1.54) is 29.7 Å². The normalized spacial score (nSPS) is 19.3. The summed E-state index contributed by atoms with van der Waals surface area (Å²) in [5, 5.41) is 3.76. The van der Waals surface area contributed by atoms with Crippen molar-refractivity contribution in [3.8, 4) is 0 Å². The van der Waals surface area contributed by atoms with Gasteiger partial charge in [-0.25, -0.2) is 0 Å². The van der Waals surface area contributed by atoms with Crippen LogP contribution in [0.1, 0.15) is 45.8 Å². The first-order chi connectivity index (χ1) is 10.2. The van der Waals surface area contributed by atoms with Crippen molar-refractivity contribution >= 4 is 11.3 Å². The van der Waals surface area contributed by atoms with Crippen molar-refractivity contribution in [2.45, 2.75) is 46.1 Å². The SMILES string of the molecule is CCNC(c1sc(C)cc1C)C1CCc2ccccc2C1. The quantitative estimate of drug-likeness (QED) is 0.853. The molecular weight excluding hydrogens is 274 g/mol. The van der Waals surface area contributed by atoms with E-state index in [1.54, 1.807) is 16.0 Å². The molecule has 3 rings (SSSR count). The summed E-state index contributed by atoms with van der Waals surface area (Å²) in [4.78, 5) is 2.99. The summed E-state index contributed by atoms with van der Waals surface area (Å²) in [6.45, 7) is 7.75. The lowest BCUT2D eigenvalue weighted by Gasteiger charge is -2.32. The van der Waals surface area contributed by atoms with E-state index in [2.05, 4.69) is 56.4 Å². The zero-order valence-electron chi connectivity index (χ0n) is 13.3. The van der Waals surface area contributed by atoms with Crippen molar-refractivity contribution in [2.24, 2.45) is 5.92 Å². The molecule has 0 radical (unpaired) electrons. The molecule has 0 aliphatic heterocycles. The number of aryl methyl sites for hydroxylation is 3. The molecule has 0 bridgehead atoms. The first kappa shape index (κ1) is 14.8. The first-order valence-electron chi connectivity index (χ1n) is 8.06. The molecule has 0 amide bonds. The van der Waals surface area contributed by atoms with Gasteiger partial charge in [0, 0.05) is 15.8 Å². The Balaban J connectivity index is 1.87. The molecule has 0 saturated carbocycles. The van der Waals surface area contributed by atoms with Crippen LogP contribution in [0, 0.1) is 19.8 Å². The third kappa shape index (κ3) is 3.07. The van der Waals surface area contributed by atoms with E-state index in [1.807, 2.05) is 11.3 Å². The van der Waals surface area contributed by atoms with E-state index in [9.17, 15) is 0 Å². The Hall–Kier alpha value is -1.12. The summed E-state index contributed by atoms with van der Waals surface area (Å²) >= 11 is 1.97. The maximum Gasteiger partial charge on any atom is 0.0449 e. The first-order valence-corrected chi connectivity index (χ1v) is 8.87. The number of rotatable bonds is 4. The molecule has 1 aliphatic rings. The van der Waals surface area contributed by atoms with Gasteiger partial charge in [-0.15, -0.1) is 11.3 Å². The van der Waals surface area contributed by atoms with Gasteiger partial charge < -0.3 is 5.32 Å². The molecule has 112 valence electrons. The fourth-order valence-corrected chi connectivity index (χ4v) is 4.88. The molecule has 1 heterocycles. The highest BCUT2D eigenvalue weighted by atomic mass is 32.1. The van der Waals surface area contributed by atoms with Gasteiger partial charge in [-0.2, -0.15) is 0 Å². The second-order valence-corrected chi connectivity index (χ2v) is 7.50. The van der Waals surface area contributed by atoms with Gasteiger partial charge in [-0.1, -0.05) is 31.2 Å². The van der Waals surface area contributed by atoms with Gasteiger partial charge in [0.15, 0.2) is 0 Å². The molecule has 0 spiro atoms. The smallest absolute Gasteiger partial charge is 0.0449 e. The van der Waals surface area contributed by atoms with Gasteiger partial charge >= 0.3 is 0 Å². The second-order valence-electron chi connectivity index (χ2n) is 6.21. The van der Waals surface area contributed by atoms with E-state index < -0.39 is 0 Å². The van der Waals surface area contributed by atoms with Gasteiger partial charge in [0.1, 0.15) is 0 Å². The molecule has 1 N–H and O–H groups in total. The maximum atomic E-state index is 3.76. The molecule has 1 aliphatic carbocycles. The largest absolute Gasteiger partial charge is 0.309 e. The van der Waals surface area contributed by atoms with Crippen LogP contribution in [0.2, 0.25) is 0 Å². The minimum Gasteiger partial charge on any atom is -0.309 e. The average Bonchev–Trinajstić information content (AvgIpc) is 2.83. The van der Waals surface area contributed by atoms with Gasteiger partial charge in [0.25, 0.3) is 0 Å². The number of hydrogen-bond acceptors (Lipinski definition) is 2. The Morgan fingerprint density at radius 3 is 2.67 bits per heavy atom. The number of thiophene rings is 1. The van der Waals surface area contributed by atoms with E-state index >= 15 is 0 Å². The minimum atomic E-state index is 0.516. The number of fused-ring (bicyclic) bond motifs is 1. The van der Waals surface area contributed by atoms with Crippen LogP contribution in [-0.2, 0) is 12.8 Å². The third-order valence-corrected chi connectivity index (χ3v) is 5.88. The summed E-state index contributed by atoms with van der Waals surface area (Å²) in [5.74, 6) is 0.719. The molecular formula is C19H25NS. The molecule has 21 heavy (non-hydrogen) atoms. The van der Waals surface area contributed by atoms with Crippen LogP contribution in [0.15, 0.2) is 30.3 Å². The van der Waals surface area contributed by atoms with E-state index in [4.69, 9.17) is 0 Å². The van der Waals surface area contributed by atoms with Crippen LogP contribution in [-0.4, -0.2) is 6.54 Å². The monoisotopic (exact) mass is 299 g/mol. The molecule has 1 aromatic heterocycles. The highest BCUT2D eigenvalue weighted by Gasteiger charge is 2.28. The lowest BCUT2D eigenvalue weighted by atomic mass is 9.79. The van der Waals surface area contributed by atoms with Crippen LogP contribution in [0.4, 0.5) is 0 Å². The van der Waals surface area contributed by atoms with Crippen molar-refractivity contribution in [2.75, 3.05) is 6.54 Å². The molecule has 2 unspecified atom stereocenters. The van der Waals surface area contributed by atoms with Gasteiger partial charge in [-0.3, -0.25) is 0 Å². The van der Waals surface area contributed by atoms with Crippen LogP contribution >= 0.6 is 11.3 Å². The Bertz CT molecular complexity index is 614. The molecule has 2 heteroatoms. The van der Waals surface area contributed by atoms with Crippen molar-refractivity contribution in [1.29, 1.82) is 0 Å². The van der Waals surface area contributed by atoms with Crippen LogP contribution in [0.5, 0.6) is 0 Å². The fourth-order valence-electron chi connectivity index (χ4n) is 3.67. The maximum absolute atomic E-state index is 3.76. The Kier molecular flexibility index (Phi) is 4.46. The standard InChI is InChI=1S/C19H25NS/c1-4-20-18(19-13(2)11-14(3)21-19)17-10-9-15-7-5-6-8-16(15)12-17/h5-8,11,17-18,20H,4,9-10,12H2,1-3H3. The van der Waals surface area contributed by atoms with Crippen molar-refractivity contribution in [3.05, 3.63) is 56.8 Å². The van der Waals surface area contributed by atoms with Gasteiger partial charge in [0.05, 0.1) is 0 Å². The highest BCUT2D eigenvalue weighted by molar-refractivity contribution is 7.12. The molecule has 0 saturated heterocycles. The van der Waals surface area contributed by atoms with Crippen LogP contribution < -0.4 is 5.32 Å². The van der Waals surface area contributed by atoms with Crippen LogP contribution in [0.3, 0.4) is 0 Å². The third-order valence-electron chi connectivity index (χ3n) is 4.64. The Labute approximate surface area is 132 Å². The van der Waals surface area contributed by atoms with E-state index in [0.29, 0.717) is 6.04 Å². The van der Waals surface area contributed by atoms with Gasteiger partial charge in [-0.05, 0) is 68.3 Å². The minimum absolute atomic E-state index is 0.516. The lowest BCUT2D eigenvalue weighted by molar-refractivity contribution is 0.334. The number of nitrogens with one attached hydrogen (secondary N) is 1. The summed E-state index contributed by atoms with van der Waals surface area (Å²) in [6.07, 6.45) is 3.74. The molecule has 2 atom stereocenters. The second kappa shape index (κ2) is 6.33. The lowest BCUT2D eigenvalue weighted by Crippen LogP contribution is -2.31. The predicted molar refractivity (Wildman–Crippen MR) is 92.2 cm³/mol. The van der Waals surface area contributed by atoms with E-state index in [-0.39, 0.29) is 0 Å². The van der Waals surface area contributed by atoms with Crippen molar-refractivity contribution in [3.63, 3.8) is 0 Å². The zero-order valence-corrected chi connectivity index (χ0v) is 14.1. The van der Waals surface area contributed by atoms with Crippen molar-refractivity contribution in [1.82, 2.24) is 5.32 Å². The Morgan fingerprint density at radius 2 is 2.00 bits per heavy atom. The van der Waals surface area contributed by atoms with Crippen LogP contribution in [0.25, 0.3) is 0 Å². The summed E-state index contributed by atoms with van der Waals surface area (Å²) < 4.78 is 0. The number of hydrogen-bond donors (Lipinski definition) is 1. The summed E-state index contributed by atoms with van der Waals surface area (Å²) in [6, 6.07) is 11.8. The highest BCUT2D eigenvalue weighted by Crippen LogP contribution is 2.38. The van der Waals surface area contributed by atoms with Crippen molar-refractivity contribution < 1.29 is 0 Å². The molecule has 0 fully saturated rings. The zero-order chi connectivity index (χ0) is 14.8. The summed E-state index contributed by atoms with van der Waals surface area (Å²) in [5.41, 5.74) is 4.58. The summed E-state index contributed by atoms with van der Waals surface area (Å²) in [7, 11) is 0. The molecule has 1 aromatic carbocycles. The topological polar surface area (TPSA) is 12.0 Å². The predicted octanol–water partition coefficient (Wildman–Crippen LogP) is 4.82. The fraction of sp³-hybridized carbons (Fsp3) is 0.474. The number of benzene rings is 1. The Morgan fingerprint density at radius 1 is 1.24 bits per heavy atom.